The zero-order valence-electron chi connectivity index (χ0n) is 8.50. The molecule has 0 saturated carbocycles. The predicted octanol–water partition coefficient (Wildman–Crippen LogP) is 1.45. The molecule has 0 amide bonds. The van der Waals surface area contributed by atoms with Crippen LogP contribution in [0.4, 0.5) is 5.82 Å². The van der Waals surface area contributed by atoms with Crippen molar-refractivity contribution in [3.8, 4) is 0 Å². The largest absolute Gasteiger partial charge is 0.308 e. The molecule has 5 nitrogen and oxygen atoms in total. The molecule has 0 aromatic carbocycles. The summed E-state index contributed by atoms with van der Waals surface area (Å²) in [6.45, 7) is 0. The van der Waals surface area contributed by atoms with E-state index >= 15 is 0 Å². The molecule has 2 aromatic rings. The Kier molecular flexibility index (Phi) is 3.68. The first-order chi connectivity index (χ1) is 7.90. The zero-order chi connectivity index (χ0) is 11.2. The fourth-order valence-electron chi connectivity index (χ4n) is 1.20. The van der Waals surface area contributed by atoms with Crippen molar-refractivity contribution in [2.75, 3.05) is 5.43 Å². The molecule has 0 atom stereocenters. The highest BCUT2D eigenvalue weighted by Crippen LogP contribution is 2.22. The highest BCUT2D eigenvalue weighted by molar-refractivity contribution is 7.98. The van der Waals surface area contributed by atoms with Crippen molar-refractivity contribution in [2.45, 2.75) is 10.8 Å². The molecule has 0 aliphatic heterocycles. The smallest absolute Gasteiger partial charge is 0.143 e. The molecule has 16 heavy (non-hydrogen) atoms. The molecule has 3 N–H and O–H groups in total. The van der Waals surface area contributed by atoms with Gasteiger partial charge in [-0.05, 0) is 6.07 Å². The fourth-order valence-corrected chi connectivity index (χ4v) is 2.00. The third-order valence-electron chi connectivity index (χ3n) is 1.94. The summed E-state index contributed by atoms with van der Waals surface area (Å²) in [7, 11) is 0. The number of hydrogen-bond acceptors (Lipinski definition) is 6. The van der Waals surface area contributed by atoms with Gasteiger partial charge in [0, 0.05) is 29.9 Å². The summed E-state index contributed by atoms with van der Waals surface area (Å²) in [6.07, 6.45) is 6.76. The van der Waals surface area contributed by atoms with E-state index in [4.69, 9.17) is 5.84 Å². The molecule has 0 fully saturated rings. The van der Waals surface area contributed by atoms with E-state index in [0.717, 1.165) is 16.3 Å². The standard InChI is InChI=1S/C10H11N5S/c11-15-10-8(2-1-3-14-10)7-16-9-6-12-4-5-13-9/h1-6H,7,11H2,(H,14,15). The molecule has 0 unspecified atom stereocenters. The van der Waals surface area contributed by atoms with E-state index in [1.165, 1.54) is 0 Å². The summed E-state index contributed by atoms with van der Waals surface area (Å²) in [5, 5.41) is 0.884. The van der Waals surface area contributed by atoms with Crippen LogP contribution in [0.2, 0.25) is 0 Å². The number of hydrazine groups is 1. The van der Waals surface area contributed by atoms with Gasteiger partial charge in [-0.1, -0.05) is 17.8 Å². The van der Waals surface area contributed by atoms with Crippen LogP contribution in [0.15, 0.2) is 41.9 Å². The Morgan fingerprint density at radius 1 is 1.25 bits per heavy atom. The predicted molar refractivity (Wildman–Crippen MR) is 63.6 cm³/mol. The van der Waals surface area contributed by atoms with E-state index in [2.05, 4.69) is 20.4 Å². The van der Waals surface area contributed by atoms with Gasteiger partial charge in [-0.15, -0.1) is 0 Å². The van der Waals surface area contributed by atoms with Crippen molar-refractivity contribution < 1.29 is 0 Å². The normalized spacial score (nSPS) is 10.1. The Labute approximate surface area is 97.5 Å². The summed E-state index contributed by atoms with van der Waals surface area (Å²) in [4.78, 5) is 12.3. The number of rotatable bonds is 4. The number of nitrogen functional groups attached to an aromatic ring is 1. The quantitative estimate of drug-likeness (QED) is 0.473. The van der Waals surface area contributed by atoms with Crippen LogP contribution >= 0.6 is 11.8 Å². The molecule has 0 spiro atoms. The second-order valence-electron chi connectivity index (χ2n) is 2.99. The first-order valence-corrected chi connectivity index (χ1v) is 5.68. The number of nitrogens with one attached hydrogen (secondary N) is 1. The maximum atomic E-state index is 5.37. The molecule has 0 aliphatic carbocycles. The van der Waals surface area contributed by atoms with Gasteiger partial charge in [0.2, 0.25) is 0 Å². The number of hydrogen-bond donors (Lipinski definition) is 2. The van der Waals surface area contributed by atoms with Gasteiger partial charge >= 0.3 is 0 Å². The van der Waals surface area contributed by atoms with Crippen molar-refractivity contribution in [2.24, 2.45) is 5.84 Å². The van der Waals surface area contributed by atoms with Crippen LogP contribution < -0.4 is 11.3 Å². The van der Waals surface area contributed by atoms with E-state index in [-0.39, 0.29) is 0 Å². The lowest BCUT2D eigenvalue weighted by Crippen LogP contribution is -2.10. The number of anilines is 1. The first kappa shape index (κ1) is 10.8. The number of nitrogens with zero attached hydrogens (tertiary/aromatic N) is 3. The average molecular weight is 233 g/mol. The molecule has 82 valence electrons. The van der Waals surface area contributed by atoms with Gasteiger partial charge in [-0.25, -0.2) is 15.8 Å². The van der Waals surface area contributed by atoms with Gasteiger partial charge in [-0.2, -0.15) is 0 Å². The van der Waals surface area contributed by atoms with Gasteiger partial charge in [0.1, 0.15) is 10.8 Å². The fraction of sp³-hybridized carbons (Fsp3) is 0.100. The second kappa shape index (κ2) is 5.43. The lowest BCUT2D eigenvalue weighted by molar-refractivity contribution is 1.05. The molecule has 0 saturated heterocycles. The van der Waals surface area contributed by atoms with Crippen LogP contribution in [0, 0.1) is 0 Å². The van der Waals surface area contributed by atoms with Crippen LogP contribution in [-0.2, 0) is 5.75 Å². The molecule has 2 rings (SSSR count). The average Bonchev–Trinajstić information content (AvgIpc) is 2.38. The number of aromatic nitrogens is 3. The van der Waals surface area contributed by atoms with E-state index in [1.807, 2.05) is 12.1 Å². The molecular formula is C10H11N5S. The van der Waals surface area contributed by atoms with Crippen molar-refractivity contribution in [1.82, 2.24) is 15.0 Å². The lowest BCUT2D eigenvalue weighted by atomic mass is 10.3. The van der Waals surface area contributed by atoms with Gasteiger partial charge in [0.05, 0.1) is 6.20 Å². The highest BCUT2D eigenvalue weighted by Gasteiger charge is 2.02. The van der Waals surface area contributed by atoms with Crippen molar-refractivity contribution in [3.05, 3.63) is 42.5 Å². The molecule has 2 aromatic heterocycles. The van der Waals surface area contributed by atoms with E-state index in [0.29, 0.717) is 5.82 Å². The Bertz CT molecular complexity index is 448. The Balaban J connectivity index is 2.05. The summed E-state index contributed by atoms with van der Waals surface area (Å²) >= 11 is 1.59. The number of pyridine rings is 1. The van der Waals surface area contributed by atoms with Crippen molar-refractivity contribution in [3.63, 3.8) is 0 Å². The minimum Gasteiger partial charge on any atom is -0.308 e. The molecule has 2 heterocycles. The van der Waals surface area contributed by atoms with Crippen molar-refractivity contribution >= 4 is 17.6 Å². The molecular weight excluding hydrogens is 222 g/mol. The van der Waals surface area contributed by atoms with Gasteiger partial charge < -0.3 is 5.43 Å². The summed E-state index contributed by atoms with van der Waals surface area (Å²) in [5.41, 5.74) is 3.61. The van der Waals surface area contributed by atoms with Crippen LogP contribution in [-0.4, -0.2) is 15.0 Å². The minimum absolute atomic E-state index is 0.693. The minimum atomic E-state index is 0.693. The van der Waals surface area contributed by atoms with Gasteiger partial charge in [-0.3, -0.25) is 4.98 Å². The Morgan fingerprint density at radius 2 is 2.19 bits per heavy atom. The zero-order valence-corrected chi connectivity index (χ0v) is 9.31. The Morgan fingerprint density at radius 3 is 2.94 bits per heavy atom. The van der Waals surface area contributed by atoms with Crippen LogP contribution in [0.25, 0.3) is 0 Å². The molecule has 0 radical (unpaired) electrons. The number of nitrogens with two attached hydrogens (primary N) is 1. The Hall–Kier alpha value is -1.66. The molecule has 0 aliphatic rings. The summed E-state index contributed by atoms with van der Waals surface area (Å²) < 4.78 is 0. The van der Waals surface area contributed by atoms with E-state index in [9.17, 15) is 0 Å². The van der Waals surface area contributed by atoms with Crippen LogP contribution in [0.3, 0.4) is 0 Å². The SMILES string of the molecule is NNc1ncccc1CSc1cnccn1. The van der Waals surface area contributed by atoms with Crippen molar-refractivity contribution in [1.29, 1.82) is 0 Å². The third-order valence-corrected chi connectivity index (χ3v) is 2.90. The van der Waals surface area contributed by atoms with E-state index < -0.39 is 0 Å². The van der Waals surface area contributed by atoms with Gasteiger partial charge in [0.15, 0.2) is 0 Å². The molecule has 0 bridgehead atoms. The maximum Gasteiger partial charge on any atom is 0.143 e. The molecule has 6 heteroatoms. The highest BCUT2D eigenvalue weighted by atomic mass is 32.2. The van der Waals surface area contributed by atoms with Crippen LogP contribution in [0.5, 0.6) is 0 Å². The first-order valence-electron chi connectivity index (χ1n) is 4.69. The van der Waals surface area contributed by atoms with E-state index in [1.54, 1.807) is 36.5 Å². The monoisotopic (exact) mass is 233 g/mol. The van der Waals surface area contributed by atoms with Crippen LogP contribution in [0.1, 0.15) is 5.56 Å². The maximum absolute atomic E-state index is 5.37. The second-order valence-corrected chi connectivity index (χ2v) is 3.98. The lowest BCUT2D eigenvalue weighted by Gasteiger charge is -2.06. The number of thioether (sulfide) groups is 1. The van der Waals surface area contributed by atoms with Gasteiger partial charge in [0.25, 0.3) is 0 Å². The summed E-state index contributed by atoms with van der Waals surface area (Å²) in [5.74, 6) is 6.82. The third kappa shape index (κ3) is 2.68. The topological polar surface area (TPSA) is 76.7 Å². The summed E-state index contributed by atoms with van der Waals surface area (Å²) in [6, 6.07) is 3.86.